The Morgan fingerprint density at radius 3 is 2.75 bits per heavy atom. The molecule has 0 aliphatic rings. The Kier molecular flexibility index (Phi) is 2.95. The number of hydrogen-bond acceptors (Lipinski definition) is 3. The van der Waals surface area contributed by atoms with Gasteiger partial charge in [-0.15, -0.1) is 0 Å². The molecule has 5 heteroatoms. The van der Waals surface area contributed by atoms with Crippen LogP contribution in [0.3, 0.4) is 0 Å². The van der Waals surface area contributed by atoms with Gasteiger partial charge in [-0.2, -0.15) is 0 Å². The van der Waals surface area contributed by atoms with Crippen LogP contribution in [0.5, 0.6) is 0 Å². The molecule has 0 spiro atoms. The number of fused-ring (bicyclic) bond motifs is 1. The summed E-state index contributed by atoms with van der Waals surface area (Å²) >= 11 is 5.99. The maximum atomic E-state index is 10.9. The van der Waals surface area contributed by atoms with Crippen molar-refractivity contribution in [2.24, 2.45) is 0 Å². The van der Waals surface area contributed by atoms with Crippen molar-refractivity contribution in [3.8, 4) is 11.5 Å². The first-order valence-corrected chi connectivity index (χ1v) is 6.33. The van der Waals surface area contributed by atoms with Crippen molar-refractivity contribution in [1.29, 1.82) is 0 Å². The average molecular weight is 288 g/mol. The lowest BCUT2D eigenvalue weighted by Crippen LogP contribution is -1.94. The fraction of sp³-hybridized carbons (Fsp3) is 0.0667. The molecule has 0 aliphatic carbocycles. The number of rotatable bonds is 2. The van der Waals surface area contributed by atoms with Crippen molar-refractivity contribution >= 4 is 28.7 Å². The van der Waals surface area contributed by atoms with Crippen LogP contribution < -0.4 is 0 Å². The topological polar surface area (TPSA) is 63.3 Å². The predicted octanol–water partition coefficient (Wildman–Crippen LogP) is 4.15. The third-order valence-corrected chi connectivity index (χ3v) is 3.46. The van der Waals surface area contributed by atoms with Crippen LogP contribution >= 0.6 is 11.6 Å². The standard InChI is InChI=1S/C15H10ClNO3/c1-8-6-9(2-4-11(8)16)14-17-12-5-3-10(15(18)19)7-13(12)20-14/h2-7H,1H3,(H,18,19). The fourth-order valence-corrected chi connectivity index (χ4v) is 2.08. The van der Waals surface area contributed by atoms with E-state index in [4.69, 9.17) is 21.1 Å². The van der Waals surface area contributed by atoms with Gasteiger partial charge in [0, 0.05) is 10.6 Å². The average Bonchev–Trinajstić information content (AvgIpc) is 2.84. The number of carboxylic acid groups (broad SMARTS) is 1. The van der Waals surface area contributed by atoms with Gasteiger partial charge in [-0.05, 0) is 48.9 Å². The van der Waals surface area contributed by atoms with Gasteiger partial charge in [0.05, 0.1) is 5.56 Å². The maximum Gasteiger partial charge on any atom is 0.335 e. The molecule has 0 aliphatic heterocycles. The molecule has 20 heavy (non-hydrogen) atoms. The second-order valence-corrected chi connectivity index (χ2v) is 4.88. The number of carbonyl (C=O) groups is 1. The van der Waals surface area contributed by atoms with Crippen LogP contribution in [0, 0.1) is 6.92 Å². The van der Waals surface area contributed by atoms with E-state index >= 15 is 0 Å². The van der Waals surface area contributed by atoms with Gasteiger partial charge >= 0.3 is 5.97 Å². The second kappa shape index (κ2) is 4.65. The molecule has 0 saturated heterocycles. The highest BCUT2D eigenvalue weighted by Crippen LogP contribution is 2.27. The summed E-state index contributed by atoms with van der Waals surface area (Å²) in [6.45, 7) is 1.90. The Morgan fingerprint density at radius 2 is 2.05 bits per heavy atom. The quantitative estimate of drug-likeness (QED) is 0.769. The zero-order valence-corrected chi connectivity index (χ0v) is 11.3. The third-order valence-electron chi connectivity index (χ3n) is 3.04. The monoisotopic (exact) mass is 287 g/mol. The summed E-state index contributed by atoms with van der Waals surface area (Å²) in [4.78, 5) is 15.3. The lowest BCUT2D eigenvalue weighted by molar-refractivity contribution is 0.0697. The summed E-state index contributed by atoms with van der Waals surface area (Å²) < 4.78 is 5.62. The van der Waals surface area contributed by atoms with Gasteiger partial charge in [0.2, 0.25) is 5.89 Å². The largest absolute Gasteiger partial charge is 0.478 e. The number of carboxylic acids is 1. The Bertz CT molecular complexity index is 823. The van der Waals surface area contributed by atoms with Gasteiger partial charge in [0.1, 0.15) is 5.52 Å². The van der Waals surface area contributed by atoms with Gasteiger partial charge in [-0.3, -0.25) is 0 Å². The summed E-state index contributed by atoms with van der Waals surface area (Å²) in [5, 5.41) is 9.64. The highest BCUT2D eigenvalue weighted by Gasteiger charge is 2.11. The van der Waals surface area contributed by atoms with E-state index in [0.717, 1.165) is 11.1 Å². The first kappa shape index (κ1) is 12.7. The lowest BCUT2D eigenvalue weighted by Gasteiger charge is -1.99. The molecule has 3 aromatic rings. The second-order valence-electron chi connectivity index (χ2n) is 4.47. The highest BCUT2D eigenvalue weighted by molar-refractivity contribution is 6.31. The van der Waals surface area contributed by atoms with Gasteiger partial charge in [-0.1, -0.05) is 11.6 Å². The number of aryl methyl sites for hydroxylation is 1. The van der Waals surface area contributed by atoms with Crippen LogP contribution in [0.4, 0.5) is 0 Å². The molecule has 1 N–H and O–H groups in total. The summed E-state index contributed by atoms with van der Waals surface area (Å²) in [7, 11) is 0. The normalized spacial score (nSPS) is 10.9. The number of nitrogens with zero attached hydrogens (tertiary/aromatic N) is 1. The molecule has 2 aromatic carbocycles. The van der Waals surface area contributed by atoms with Crippen molar-refractivity contribution in [3.63, 3.8) is 0 Å². The molecule has 4 nitrogen and oxygen atoms in total. The number of aromatic nitrogens is 1. The molecule has 0 fully saturated rings. The molecule has 0 saturated carbocycles. The molecule has 1 aromatic heterocycles. The maximum absolute atomic E-state index is 10.9. The Balaban J connectivity index is 2.12. The van der Waals surface area contributed by atoms with Gasteiger partial charge < -0.3 is 9.52 Å². The predicted molar refractivity (Wildman–Crippen MR) is 76.2 cm³/mol. The summed E-state index contributed by atoms with van der Waals surface area (Å²) in [5.41, 5.74) is 2.98. The summed E-state index contributed by atoms with van der Waals surface area (Å²) in [6.07, 6.45) is 0. The van der Waals surface area contributed by atoms with E-state index in [0.29, 0.717) is 22.0 Å². The molecule has 100 valence electrons. The third kappa shape index (κ3) is 2.14. The van der Waals surface area contributed by atoms with Crippen molar-refractivity contribution in [2.45, 2.75) is 6.92 Å². The first-order chi connectivity index (χ1) is 9.54. The van der Waals surface area contributed by atoms with Gasteiger partial charge in [-0.25, -0.2) is 9.78 Å². The Morgan fingerprint density at radius 1 is 1.25 bits per heavy atom. The number of halogens is 1. The number of benzene rings is 2. The van der Waals surface area contributed by atoms with E-state index in [-0.39, 0.29) is 5.56 Å². The minimum Gasteiger partial charge on any atom is -0.478 e. The molecule has 0 atom stereocenters. The van der Waals surface area contributed by atoms with Crippen LogP contribution in [0.25, 0.3) is 22.6 Å². The minimum atomic E-state index is -0.993. The Labute approximate surface area is 119 Å². The molecule has 0 bridgehead atoms. The minimum absolute atomic E-state index is 0.174. The Hall–Kier alpha value is -2.33. The van der Waals surface area contributed by atoms with E-state index in [9.17, 15) is 4.79 Å². The smallest absolute Gasteiger partial charge is 0.335 e. The molecular formula is C15H10ClNO3. The van der Waals surface area contributed by atoms with E-state index in [1.807, 2.05) is 19.1 Å². The van der Waals surface area contributed by atoms with E-state index in [1.165, 1.54) is 12.1 Å². The van der Waals surface area contributed by atoms with Crippen LogP contribution in [0.1, 0.15) is 15.9 Å². The van der Waals surface area contributed by atoms with E-state index in [2.05, 4.69) is 4.98 Å². The van der Waals surface area contributed by atoms with E-state index in [1.54, 1.807) is 12.1 Å². The van der Waals surface area contributed by atoms with E-state index < -0.39 is 5.97 Å². The summed E-state index contributed by atoms with van der Waals surface area (Å²) in [6, 6.07) is 10.1. The van der Waals surface area contributed by atoms with Crippen LogP contribution in [-0.2, 0) is 0 Å². The zero-order valence-electron chi connectivity index (χ0n) is 10.6. The van der Waals surface area contributed by atoms with Gasteiger partial charge in [0.25, 0.3) is 0 Å². The fourth-order valence-electron chi connectivity index (χ4n) is 1.96. The zero-order chi connectivity index (χ0) is 14.3. The lowest BCUT2D eigenvalue weighted by atomic mass is 10.1. The number of aromatic carboxylic acids is 1. The molecule has 0 amide bonds. The van der Waals surface area contributed by atoms with Crippen molar-refractivity contribution in [3.05, 3.63) is 52.5 Å². The highest BCUT2D eigenvalue weighted by atomic mass is 35.5. The van der Waals surface area contributed by atoms with Crippen LogP contribution in [-0.4, -0.2) is 16.1 Å². The van der Waals surface area contributed by atoms with Gasteiger partial charge in [0.15, 0.2) is 5.58 Å². The number of oxazole rings is 1. The molecule has 3 rings (SSSR count). The first-order valence-electron chi connectivity index (χ1n) is 5.95. The molecule has 0 unspecified atom stereocenters. The number of hydrogen-bond donors (Lipinski definition) is 1. The van der Waals surface area contributed by atoms with Crippen LogP contribution in [0.2, 0.25) is 5.02 Å². The molecule has 0 radical (unpaired) electrons. The molecular weight excluding hydrogens is 278 g/mol. The molecule has 1 heterocycles. The van der Waals surface area contributed by atoms with Crippen molar-refractivity contribution in [2.75, 3.05) is 0 Å². The van der Waals surface area contributed by atoms with Crippen LogP contribution in [0.15, 0.2) is 40.8 Å². The SMILES string of the molecule is Cc1cc(-c2nc3ccc(C(=O)O)cc3o2)ccc1Cl. The van der Waals surface area contributed by atoms with Crippen molar-refractivity contribution in [1.82, 2.24) is 4.98 Å². The summed E-state index contributed by atoms with van der Waals surface area (Å²) in [5.74, 6) is -0.547. The van der Waals surface area contributed by atoms with Crippen molar-refractivity contribution < 1.29 is 14.3 Å².